The Bertz CT molecular complexity index is 473. The van der Waals surface area contributed by atoms with Crippen molar-refractivity contribution in [2.75, 3.05) is 23.4 Å². The second kappa shape index (κ2) is 6.77. The van der Waals surface area contributed by atoms with Gasteiger partial charge in [0.1, 0.15) is 17.3 Å². The molecule has 2 rings (SSSR count). The SMILES string of the molecule is NC(=S)COc1ccccc1NC(=O)C1CCSC1. The van der Waals surface area contributed by atoms with E-state index in [-0.39, 0.29) is 23.4 Å². The van der Waals surface area contributed by atoms with E-state index < -0.39 is 0 Å². The number of ether oxygens (including phenoxy) is 1. The number of thioether (sulfide) groups is 1. The van der Waals surface area contributed by atoms with Gasteiger partial charge in [0.15, 0.2) is 0 Å². The van der Waals surface area contributed by atoms with Gasteiger partial charge in [-0.05, 0) is 24.3 Å². The molecule has 1 saturated heterocycles. The van der Waals surface area contributed by atoms with Crippen molar-refractivity contribution in [3.8, 4) is 5.75 Å². The number of amides is 1. The van der Waals surface area contributed by atoms with E-state index in [1.54, 1.807) is 6.07 Å². The molecule has 1 aromatic carbocycles. The van der Waals surface area contributed by atoms with Gasteiger partial charge in [0, 0.05) is 11.7 Å². The Balaban J connectivity index is 2.02. The highest BCUT2D eigenvalue weighted by molar-refractivity contribution is 7.99. The van der Waals surface area contributed by atoms with Crippen molar-refractivity contribution in [2.45, 2.75) is 6.42 Å². The van der Waals surface area contributed by atoms with Gasteiger partial charge < -0.3 is 15.8 Å². The summed E-state index contributed by atoms with van der Waals surface area (Å²) in [6, 6.07) is 7.30. The van der Waals surface area contributed by atoms with Crippen LogP contribution in [0.15, 0.2) is 24.3 Å². The number of anilines is 1. The van der Waals surface area contributed by atoms with E-state index in [2.05, 4.69) is 5.32 Å². The highest BCUT2D eigenvalue weighted by Gasteiger charge is 2.23. The lowest BCUT2D eigenvalue weighted by Gasteiger charge is -2.14. The van der Waals surface area contributed by atoms with Crippen molar-refractivity contribution in [1.29, 1.82) is 0 Å². The first-order valence-electron chi connectivity index (χ1n) is 6.05. The van der Waals surface area contributed by atoms with E-state index in [4.69, 9.17) is 22.7 Å². The van der Waals surface area contributed by atoms with Gasteiger partial charge in [0.25, 0.3) is 0 Å². The van der Waals surface area contributed by atoms with Crippen molar-refractivity contribution >= 4 is 40.6 Å². The van der Waals surface area contributed by atoms with Crippen molar-refractivity contribution in [3.05, 3.63) is 24.3 Å². The van der Waals surface area contributed by atoms with Crippen molar-refractivity contribution < 1.29 is 9.53 Å². The molecule has 4 nitrogen and oxygen atoms in total. The highest BCUT2D eigenvalue weighted by atomic mass is 32.2. The number of hydrogen-bond donors (Lipinski definition) is 2. The largest absolute Gasteiger partial charge is 0.484 e. The van der Waals surface area contributed by atoms with Crippen LogP contribution in [0.5, 0.6) is 5.75 Å². The van der Waals surface area contributed by atoms with Gasteiger partial charge >= 0.3 is 0 Å². The zero-order valence-corrected chi connectivity index (χ0v) is 12.1. The molecular formula is C13H16N2O2S2. The van der Waals surface area contributed by atoms with E-state index in [0.717, 1.165) is 17.9 Å². The first-order valence-corrected chi connectivity index (χ1v) is 7.62. The van der Waals surface area contributed by atoms with Crippen LogP contribution in [0, 0.1) is 5.92 Å². The lowest BCUT2D eigenvalue weighted by atomic mass is 10.1. The molecule has 1 unspecified atom stereocenters. The van der Waals surface area contributed by atoms with E-state index in [0.29, 0.717) is 11.4 Å². The summed E-state index contributed by atoms with van der Waals surface area (Å²) in [5, 5.41) is 2.91. The lowest BCUT2D eigenvalue weighted by Crippen LogP contribution is -2.23. The minimum absolute atomic E-state index is 0.0522. The predicted molar refractivity (Wildman–Crippen MR) is 82.8 cm³/mol. The average Bonchev–Trinajstić information content (AvgIpc) is 2.91. The van der Waals surface area contributed by atoms with Gasteiger partial charge in [-0.2, -0.15) is 11.8 Å². The minimum atomic E-state index is 0.0522. The molecule has 1 amide bonds. The summed E-state index contributed by atoms with van der Waals surface area (Å²) < 4.78 is 5.48. The molecule has 0 aromatic heterocycles. The van der Waals surface area contributed by atoms with Crippen LogP contribution in [0.25, 0.3) is 0 Å². The summed E-state index contributed by atoms with van der Waals surface area (Å²) in [5.41, 5.74) is 6.07. The van der Waals surface area contributed by atoms with Crippen LogP contribution in [0.1, 0.15) is 6.42 Å². The Morgan fingerprint density at radius 1 is 1.53 bits per heavy atom. The molecule has 0 aliphatic carbocycles. The first-order chi connectivity index (χ1) is 9.16. The van der Waals surface area contributed by atoms with Crippen molar-refractivity contribution in [3.63, 3.8) is 0 Å². The third-order valence-corrected chi connectivity index (χ3v) is 4.10. The molecule has 1 aliphatic rings. The van der Waals surface area contributed by atoms with Crippen LogP contribution >= 0.6 is 24.0 Å². The smallest absolute Gasteiger partial charge is 0.228 e. The van der Waals surface area contributed by atoms with Gasteiger partial charge in [0.2, 0.25) is 5.91 Å². The number of thiocarbonyl (C=S) groups is 1. The Kier molecular flexibility index (Phi) is 5.04. The fourth-order valence-corrected chi connectivity index (χ4v) is 3.10. The number of hydrogen-bond acceptors (Lipinski definition) is 4. The quantitative estimate of drug-likeness (QED) is 0.814. The fraction of sp³-hybridized carbons (Fsp3) is 0.385. The number of nitrogens with two attached hydrogens (primary N) is 1. The normalized spacial score (nSPS) is 18.0. The van der Waals surface area contributed by atoms with Gasteiger partial charge in [-0.15, -0.1) is 0 Å². The lowest BCUT2D eigenvalue weighted by molar-refractivity contribution is -0.119. The van der Waals surface area contributed by atoms with Gasteiger partial charge in [-0.3, -0.25) is 4.79 Å². The topological polar surface area (TPSA) is 64.3 Å². The van der Waals surface area contributed by atoms with Gasteiger partial charge in [0.05, 0.1) is 5.69 Å². The Morgan fingerprint density at radius 3 is 3.00 bits per heavy atom. The third kappa shape index (κ3) is 4.11. The fourth-order valence-electron chi connectivity index (χ4n) is 1.82. The Morgan fingerprint density at radius 2 is 2.32 bits per heavy atom. The van der Waals surface area contributed by atoms with E-state index in [1.165, 1.54) is 0 Å². The Hall–Kier alpha value is -1.27. The molecule has 1 fully saturated rings. The van der Waals surface area contributed by atoms with Crippen LogP contribution in [-0.4, -0.2) is 29.0 Å². The standard InChI is InChI=1S/C13H16N2O2S2/c14-12(18)7-17-11-4-2-1-3-10(11)15-13(16)9-5-6-19-8-9/h1-4,9H,5-8H2,(H2,14,18)(H,15,16). The molecule has 102 valence electrons. The van der Waals surface area contributed by atoms with Gasteiger partial charge in [-0.25, -0.2) is 0 Å². The maximum absolute atomic E-state index is 12.1. The number of nitrogens with one attached hydrogen (secondary N) is 1. The number of carbonyl (C=O) groups excluding carboxylic acids is 1. The zero-order chi connectivity index (χ0) is 13.7. The number of benzene rings is 1. The molecule has 0 saturated carbocycles. The maximum atomic E-state index is 12.1. The maximum Gasteiger partial charge on any atom is 0.228 e. The Labute approximate surface area is 122 Å². The van der Waals surface area contributed by atoms with E-state index >= 15 is 0 Å². The summed E-state index contributed by atoms with van der Waals surface area (Å²) in [6.45, 7) is 0.168. The third-order valence-electron chi connectivity index (χ3n) is 2.82. The molecule has 0 spiro atoms. The van der Waals surface area contributed by atoms with Crippen LogP contribution in [-0.2, 0) is 4.79 Å². The predicted octanol–water partition coefficient (Wildman–Crippen LogP) is 2.04. The number of carbonyl (C=O) groups is 1. The first kappa shape index (κ1) is 14.1. The van der Waals surface area contributed by atoms with E-state index in [1.807, 2.05) is 30.0 Å². The molecule has 1 aliphatic heterocycles. The summed E-state index contributed by atoms with van der Waals surface area (Å²) in [4.78, 5) is 12.4. The highest BCUT2D eigenvalue weighted by Crippen LogP contribution is 2.28. The molecule has 6 heteroatoms. The van der Waals surface area contributed by atoms with Crippen LogP contribution in [0.4, 0.5) is 5.69 Å². The van der Waals surface area contributed by atoms with Crippen LogP contribution in [0.3, 0.4) is 0 Å². The summed E-state index contributed by atoms with van der Waals surface area (Å²) in [5.74, 6) is 2.68. The summed E-state index contributed by atoms with van der Waals surface area (Å²) in [6.07, 6.45) is 0.937. The number of para-hydroxylation sites is 2. The molecule has 1 aromatic rings. The molecule has 3 N–H and O–H groups in total. The van der Waals surface area contributed by atoms with Crippen LogP contribution in [0.2, 0.25) is 0 Å². The monoisotopic (exact) mass is 296 g/mol. The van der Waals surface area contributed by atoms with Crippen molar-refractivity contribution in [2.24, 2.45) is 11.7 Å². The van der Waals surface area contributed by atoms with E-state index in [9.17, 15) is 4.79 Å². The second-order valence-corrected chi connectivity index (χ2v) is 5.98. The molecule has 19 heavy (non-hydrogen) atoms. The molecule has 1 atom stereocenters. The molecular weight excluding hydrogens is 280 g/mol. The van der Waals surface area contributed by atoms with Gasteiger partial charge in [-0.1, -0.05) is 24.4 Å². The molecule has 0 radical (unpaired) electrons. The summed E-state index contributed by atoms with van der Waals surface area (Å²) >= 11 is 6.59. The van der Waals surface area contributed by atoms with Crippen molar-refractivity contribution in [1.82, 2.24) is 0 Å². The zero-order valence-electron chi connectivity index (χ0n) is 10.4. The molecule has 0 bridgehead atoms. The second-order valence-electron chi connectivity index (χ2n) is 4.30. The minimum Gasteiger partial charge on any atom is -0.484 e. The average molecular weight is 296 g/mol. The molecule has 1 heterocycles. The number of rotatable bonds is 5. The summed E-state index contributed by atoms with van der Waals surface area (Å²) in [7, 11) is 0. The van der Waals surface area contributed by atoms with Crippen LogP contribution < -0.4 is 15.8 Å².